The van der Waals surface area contributed by atoms with Gasteiger partial charge in [-0.15, -0.1) is 0 Å². The second-order valence-electron chi connectivity index (χ2n) is 6.52. The highest BCUT2D eigenvalue weighted by Crippen LogP contribution is 2.45. The Kier molecular flexibility index (Phi) is 6.55. The smallest absolute Gasteiger partial charge is 0.0733 e. The van der Waals surface area contributed by atoms with E-state index >= 15 is 0 Å². The minimum atomic E-state index is -0.606. The molecule has 3 rings (SSSR count). The quantitative estimate of drug-likeness (QED) is 0.679. The summed E-state index contributed by atoms with van der Waals surface area (Å²) in [5.41, 5.74) is 2.36. The van der Waals surface area contributed by atoms with Crippen LogP contribution in [0, 0.1) is 5.92 Å². The zero-order chi connectivity index (χ0) is 16.6. The summed E-state index contributed by atoms with van der Waals surface area (Å²) in [4.78, 5) is 9.40. The molecule has 0 spiro atoms. The Bertz CT molecular complexity index is 594. The number of hydrogen-bond acceptors (Lipinski definition) is 2. The number of aromatic nitrogens is 2. The van der Waals surface area contributed by atoms with Crippen LogP contribution in [0.2, 0.25) is 0 Å². The number of pyridine rings is 2. The van der Waals surface area contributed by atoms with Crippen molar-refractivity contribution in [2.75, 3.05) is 0 Å². The molecular formula is C21H27N2P. The van der Waals surface area contributed by atoms with Crippen LogP contribution in [0.1, 0.15) is 51.9 Å². The predicted octanol–water partition coefficient (Wildman–Crippen LogP) is 5.17. The van der Waals surface area contributed by atoms with E-state index in [1.807, 2.05) is 24.5 Å². The van der Waals surface area contributed by atoms with Crippen LogP contribution in [-0.4, -0.2) is 9.97 Å². The van der Waals surface area contributed by atoms with Gasteiger partial charge in [-0.1, -0.05) is 50.8 Å². The van der Waals surface area contributed by atoms with Crippen molar-refractivity contribution in [2.45, 2.75) is 51.9 Å². The van der Waals surface area contributed by atoms with Gasteiger partial charge in [-0.3, -0.25) is 9.97 Å². The van der Waals surface area contributed by atoms with Crippen molar-refractivity contribution in [3.63, 3.8) is 0 Å². The molecule has 0 atom stereocenters. The molecule has 1 aliphatic rings. The number of allylic oxidation sites excluding steroid dienone is 2. The van der Waals surface area contributed by atoms with Crippen LogP contribution in [-0.2, 0) is 0 Å². The maximum absolute atomic E-state index is 4.70. The van der Waals surface area contributed by atoms with E-state index in [1.165, 1.54) is 49.4 Å². The third-order valence-corrected chi connectivity index (χ3v) is 7.02. The first-order chi connectivity index (χ1) is 11.9. The standard InChI is InChI=1S/C21H27N2P/c1-2-10-19(17-18-11-4-3-5-12-18)24(20-13-6-8-15-22-20)21-14-7-9-16-23-21/h6-9,13-18H,2-5,10-12H2,1H3. The molecule has 0 bridgehead atoms. The van der Waals surface area contributed by atoms with Crippen molar-refractivity contribution in [1.29, 1.82) is 0 Å². The summed E-state index contributed by atoms with van der Waals surface area (Å²) in [5.74, 6) is 0.748. The maximum Gasteiger partial charge on any atom is 0.0733 e. The third-order valence-electron chi connectivity index (χ3n) is 4.63. The highest BCUT2D eigenvalue weighted by atomic mass is 31.1. The minimum Gasteiger partial charge on any atom is -0.256 e. The average molecular weight is 338 g/mol. The average Bonchev–Trinajstić information content (AvgIpc) is 2.65. The molecule has 1 fully saturated rings. The molecule has 2 aromatic rings. The first-order valence-corrected chi connectivity index (χ1v) is 10.6. The van der Waals surface area contributed by atoms with E-state index in [-0.39, 0.29) is 0 Å². The van der Waals surface area contributed by atoms with Crippen LogP contribution >= 0.6 is 7.92 Å². The topological polar surface area (TPSA) is 25.8 Å². The number of rotatable bonds is 6. The normalized spacial score (nSPS) is 16.5. The van der Waals surface area contributed by atoms with E-state index in [0.29, 0.717) is 0 Å². The molecule has 0 amide bonds. The fourth-order valence-corrected chi connectivity index (χ4v) is 5.95. The SMILES string of the molecule is CCCC(=CC1CCCCC1)P(c1ccccn1)c1ccccn1. The highest BCUT2D eigenvalue weighted by molar-refractivity contribution is 7.76. The second kappa shape index (κ2) is 9.08. The molecule has 0 radical (unpaired) electrons. The summed E-state index contributed by atoms with van der Waals surface area (Å²) in [6.45, 7) is 2.28. The summed E-state index contributed by atoms with van der Waals surface area (Å²) in [5, 5.41) is 1.57. The van der Waals surface area contributed by atoms with E-state index in [9.17, 15) is 0 Å². The van der Waals surface area contributed by atoms with Gasteiger partial charge in [0.1, 0.15) is 0 Å². The molecule has 0 saturated heterocycles. The molecule has 2 nitrogen and oxygen atoms in total. The van der Waals surface area contributed by atoms with Crippen LogP contribution in [0.4, 0.5) is 0 Å². The van der Waals surface area contributed by atoms with Gasteiger partial charge in [0, 0.05) is 20.3 Å². The summed E-state index contributed by atoms with van der Waals surface area (Å²) in [6, 6.07) is 12.5. The van der Waals surface area contributed by atoms with Crippen LogP contribution in [0.5, 0.6) is 0 Å². The minimum absolute atomic E-state index is 0.606. The molecular weight excluding hydrogens is 311 g/mol. The lowest BCUT2D eigenvalue weighted by atomic mass is 9.89. The molecule has 24 heavy (non-hydrogen) atoms. The predicted molar refractivity (Wildman–Crippen MR) is 104 cm³/mol. The van der Waals surface area contributed by atoms with Crippen molar-refractivity contribution >= 4 is 18.8 Å². The van der Waals surface area contributed by atoms with E-state index in [4.69, 9.17) is 9.97 Å². The molecule has 1 aliphatic carbocycles. The second-order valence-corrected chi connectivity index (χ2v) is 8.68. The van der Waals surface area contributed by atoms with E-state index in [1.54, 1.807) is 5.31 Å². The Balaban J connectivity index is 1.99. The largest absolute Gasteiger partial charge is 0.256 e. The zero-order valence-electron chi connectivity index (χ0n) is 14.6. The third kappa shape index (κ3) is 4.51. The Labute approximate surface area is 147 Å². The fourth-order valence-electron chi connectivity index (χ4n) is 3.48. The molecule has 0 aliphatic heterocycles. The molecule has 2 aromatic heterocycles. The van der Waals surface area contributed by atoms with Gasteiger partial charge in [-0.2, -0.15) is 0 Å². The number of nitrogens with zero attached hydrogens (tertiary/aromatic N) is 2. The van der Waals surface area contributed by atoms with Crippen LogP contribution < -0.4 is 10.9 Å². The van der Waals surface area contributed by atoms with E-state index in [2.05, 4.69) is 37.3 Å². The summed E-state index contributed by atoms with van der Waals surface area (Å²) >= 11 is 0. The Morgan fingerprint density at radius 1 is 1.00 bits per heavy atom. The summed E-state index contributed by atoms with van der Waals surface area (Å²) in [6.07, 6.45) is 15.6. The van der Waals surface area contributed by atoms with Crippen molar-refractivity contribution < 1.29 is 0 Å². The molecule has 0 unspecified atom stereocenters. The maximum atomic E-state index is 4.70. The molecule has 3 heteroatoms. The number of hydrogen-bond donors (Lipinski definition) is 0. The molecule has 2 heterocycles. The van der Waals surface area contributed by atoms with Crippen LogP contribution in [0.3, 0.4) is 0 Å². The van der Waals surface area contributed by atoms with Crippen molar-refractivity contribution in [2.24, 2.45) is 5.92 Å². The molecule has 126 valence electrons. The Hall–Kier alpha value is -1.53. The molecule has 0 N–H and O–H groups in total. The molecule has 0 aromatic carbocycles. The van der Waals surface area contributed by atoms with Crippen molar-refractivity contribution in [3.8, 4) is 0 Å². The van der Waals surface area contributed by atoms with Crippen LogP contribution in [0.15, 0.2) is 60.2 Å². The van der Waals surface area contributed by atoms with E-state index in [0.717, 1.165) is 12.3 Å². The summed E-state index contributed by atoms with van der Waals surface area (Å²) < 4.78 is 0. The summed E-state index contributed by atoms with van der Waals surface area (Å²) in [7, 11) is -0.606. The van der Waals surface area contributed by atoms with Gasteiger partial charge < -0.3 is 0 Å². The van der Waals surface area contributed by atoms with Crippen molar-refractivity contribution in [1.82, 2.24) is 9.97 Å². The Morgan fingerprint density at radius 2 is 1.62 bits per heavy atom. The van der Waals surface area contributed by atoms with Gasteiger partial charge in [0.05, 0.1) is 10.9 Å². The van der Waals surface area contributed by atoms with Gasteiger partial charge in [-0.05, 0) is 54.8 Å². The monoisotopic (exact) mass is 338 g/mol. The lowest BCUT2D eigenvalue weighted by Gasteiger charge is -2.24. The molecule has 1 saturated carbocycles. The first kappa shape index (κ1) is 17.3. The lowest BCUT2D eigenvalue weighted by molar-refractivity contribution is 0.418. The van der Waals surface area contributed by atoms with Gasteiger partial charge in [0.25, 0.3) is 0 Å². The van der Waals surface area contributed by atoms with E-state index < -0.39 is 7.92 Å². The van der Waals surface area contributed by atoms with Gasteiger partial charge in [-0.25, -0.2) is 0 Å². The zero-order valence-corrected chi connectivity index (χ0v) is 15.5. The highest BCUT2D eigenvalue weighted by Gasteiger charge is 2.22. The van der Waals surface area contributed by atoms with Crippen LogP contribution in [0.25, 0.3) is 0 Å². The Morgan fingerprint density at radius 3 is 2.12 bits per heavy atom. The van der Waals surface area contributed by atoms with Crippen molar-refractivity contribution in [3.05, 3.63) is 60.2 Å². The lowest BCUT2D eigenvalue weighted by Crippen LogP contribution is -2.18. The fraction of sp³-hybridized carbons (Fsp3) is 0.429. The first-order valence-electron chi connectivity index (χ1n) is 9.21. The van der Waals surface area contributed by atoms with Gasteiger partial charge in [0.15, 0.2) is 0 Å². The van der Waals surface area contributed by atoms with Gasteiger partial charge in [0.2, 0.25) is 0 Å². The van der Waals surface area contributed by atoms with Gasteiger partial charge >= 0.3 is 0 Å².